The quantitative estimate of drug-likeness (QED) is 0.614. The molecule has 5 heteroatoms. The molecule has 0 radical (unpaired) electrons. The van der Waals surface area contributed by atoms with Gasteiger partial charge in [-0.3, -0.25) is 0 Å². The van der Waals surface area contributed by atoms with Gasteiger partial charge in [0.2, 0.25) is 0 Å². The summed E-state index contributed by atoms with van der Waals surface area (Å²) < 4.78 is 5.92. The number of hydrogen-bond donors (Lipinski definition) is 1. The van der Waals surface area contributed by atoms with Crippen LogP contribution in [0.5, 0.6) is 5.75 Å². The van der Waals surface area contributed by atoms with Crippen molar-refractivity contribution in [3.63, 3.8) is 0 Å². The second-order valence-electron chi connectivity index (χ2n) is 9.13. The van der Waals surface area contributed by atoms with Crippen LogP contribution in [0.4, 0.5) is 0 Å². The van der Waals surface area contributed by atoms with Gasteiger partial charge in [-0.25, -0.2) is 0 Å². The van der Waals surface area contributed by atoms with E-state index in [9.17, 15) is 5.11 Å². The van der Waals surface area contributed by atoms with Gasteiger partial charge in [-0.2, -0.15) is 0 Å². The van der Waals surface area contributed by atoms with Gasteiger partial charge in [0.1, 0.15) is 18.5 Å². The Morgan fingerprint density at radius 1 is 1.10 bits per heavy atom. The maximum absolute atomic E-state index is 10.4. The lowest BCUT2D eigenvalue weighted by molar-refractivity contribution is 0.0561. The number of likely N-dealkylation sites (N-methyl/N-ethyl adjacent to an activating group) is 2. The molecule has 3 rings (SSSR count). The third kappa shape index (κ3) is 7.89. The third-order valence-corrected chi connectivity index (χ3v) is 6.49. The normalized spacial score (nSPS) is 19.9. The van der Waals surface area contributed by atoms with Crippen LogP contribution >= 0.6 is 0 Å². The molecule has 1 aromatic rings. The minimum atomic E-state index is -0.450. The summed E-state index contributed by atoms with van der Waals surface area (Å²) >= 11 is 0. The fraction of sp³-hybridized carbons (Fsp3) is 0.750. The zero-order valence-corrected chi connectivity index (χ0v) is 18.6. The van der Waals surface area contributed by atoms with E-state index in [2.05, 4.69) is 47.0 Å². The predicted molar refractivity (Wildman–Crippen MR) is 119 cm³/mol. The van der Waals surface area contributed by atoms with Crippen LogP contribution < -0.4 is 4.74 Å². The Balaban J connectivity index is 1.38. The van der Waals surface area contributed by atoms with Crippen LogP contribution in [0.15, 0.2) is 24.3 Å². The van der Waals surface area contributed by atoms with Crippen LogP contribution in [0.3, 0.4) is 0 Å². The molecule has 0 aromatic heterocycles. The van der Waals surface area contributed by atoms with Crippen molar-refractivity contribution in [1.29, 1.82) is 0 Å². The van der Waals surface area contributed by atoms with Gasteiger partial charge in [-0.1, -0.05) is 31.4 Å². The van der Waals surface area contributed by atoms with Gasteiger partial charge >= 0.3 is 0 Å². The Bertz CT molecular complexity index is 585. The molecule has 0 bridgehead atoms. The van der Waals surface area contributed by atoms with E-state index in [0.717, 1.165) is 25.4 Å². The fourth-order valence-corrected chi connectivity index (χ4v) is 4.69. The number of ether oxygens (including phenoxy) is 1. The predicted octanol–water partition coefficient (Wildman–Crippen LogP) is 3.22. The molecule has 1 unspecified atom stereocenters. The van der Waals surface area contributed by atoms with Crippen molar-refractivity contribution in [2.75, 3.05) is 53.4 Å². The summed E-state index contributed by atoms with van der Waals surface area (Å²) in [5.41, 5.74) is 1.26. The molecule has 164 valence electrons. The van der Waals surface area contributed by atoms with E-state index in [1.54, 1.807) is 0 Å². The summed E-state index contributed by atoms with van der Waals surface area (Å²) in [6.45, 7) is 6.74. The largest absolute Gasteiger partial charge is 0.491 e. The number of aliphatic hydroxyl groups excluding tert-OH is 1. The van der Waals surface area contributed by atoms with Crippen molar-refractivity contribution in [1.82, 2.24) is 14.7 Å². The molecule has 1 atom stereocenters. The fourth-order valence-electron chi connectivity index (χ4n) is 4.69. The highest BCUT2D eigenvalue weighted by atomic mass is 16.5. The molecular formula is C24H41N3O2. The molecule has 29 heavy (non-hydrogen) atoms. The lowest BCUT2D eigenvalue weighted by atomic mass is 9.94. The summed E-state index contributed by atoms with van der Waals surface area (Å²) in [5.74, 6) is 0.856. The Morgan fingerprint density at radius 2 is 1.86 bits per heavy atom. The van der Waals surface area contributed by atoms with Crippen LogP contribution in [-0.2, 0) is 6.54 Å². The average Bonchev–Trinajstić information content (AvgIpc) is 3.25. The van der Waals surface area contributed by atoms with Gasteiger partial charge in [0, 0.05) is 32.2 Å². The van der Waals surface area contributed by atoms with Gasteiger partial charge in [-0.15, -0.1) is 0 Å². The zero-order valence-electron chi connectivity index (χ0n) is 18.6. The minimum absolute atomic E-state index is 0.352. The van der Waals surface area contributed by atoms with Crippen molar-refractivity contribution in [2.45, 2.75) is 63.6 Å². The first-order valence-corrected chi connectivity index (χ1v) is 11.6. The number of hydrogen-bond acceptors (Lipinski definition) is 5. The molecule has 1 saturated carbocycles. The van der Waals surface area contributed by atoms with Gasteiger partial charge in [-0.05, 0) is 70.6 Å². The van der Waals surface area contributed by atoms with Crippen LogP contribution in [0.1, 0.15) is 50.5 Å². The Labute approximate surface area is 177 Å². The monoisotopic (exact) mass is 403 g/mol. The maximum atomic E-state index is 10.4. The molecule has 1 saturated heterocycles. The summed E-state index contributed by atoms with van der Waals surface area (Å²) in [4.78, 5) is 7.26. The number of nitrogens with zero attached hydrogens (tertiary/aromatic N) is 3. The van der Waals surface area contributed by atoms with Crippen molar-refractivity contribution >= 4 is 0 Å². The van der Waals surface area contributed by atoms with Gasteiger partial charge in [0.05, 0.1) is 0 Å². The number of rotatable bonds is 11. The number of aliphatic hydroxyl groups is 1. The molecule has 2 aliphatic rings. The Hall–Kier alpha value is -1.14. The molecule has 2 fully saturated rings. The molecule has 0 spiro atoms. The first-order chi connectivity index (χ1) is 14.1. The van der Waals surface area contributed by atoms with Gasteiger partial charge < -0.3 is 24.5 Å². The minimum Gasteiger partial charge on any atom is -0.491 e. The van der Waals surface area contributed by atoms with E-state index in [0.29, 0.717) is 19.2 Å². The summed E-state index contributed by atoms with van der Waals surface area (Å²) in [5, 5.41) is 10.4. The summed E-state index contributed by atoms with van der Waals surface area (Å²) in [7, 11) is 4.33. The molecule has 1 aliphatic carbocycles. The van der Waals surface area contributed by atoms with E-state index in [1.165, 1.54) is 63.6 Å². The standard InChI is InChI=1S/C24H41N3O2/c1-25(15-16-27-13-6-7-14-27)18-21-9-8-12-24(17-21)29-20-23(28)19-26(2)22-10-4-3-5-11-22/h8-9,12,17,22-23,28H,3-7,10-11,13-16,18-20H2,1-2H3. The first kappa shape index (κ1) is 22.5. The average molecular weight is 404 g/mol. The molecular weight excluding hydrogens is 362 g/mol. The van der Waals surface area contributed by atoms with Crippen molar-refractivity contribution in [3.05, 3.63) is 29.8 Å². The Morgan fingerprint density at radius 3 is 2.62 bits per heavy atom. The van der Waals surface area contributed by atoms with Gasteiger partial charge in [0.15, 0.2) is 0 Å². The highest BCUT2D eigenvalue weighted by Crippen LogP contribution is 2.22. The molecule has 1 N–H and O–H groups in total. The summed E-state index contributed by atoms with van der Waals surface area (Å²) in [6, 6.07) is 8.94. The lowest BCUT2D eigenvalue weighted by Crippen LogP contribution is -2.40. The second kappa shape index (κ2) is 11.9. The maximum Gasteiger partial charge on any atom is 0.119 e. The molecule has 0 amide bonds. The Kier molecular flexibility index (Phi) is 9.25. The third-order valence-electron chi connectivity index (χ3n) is 6.49. The van der Waals surface area contributed by atoms with Crippen molar-refractivity contribution in [2.24, 2.45) is 0 Å². The first-order valence-electron chi connectivity index (χ1n) is 11.6. The van der Waals surface area contributed by atoms with E-state index >= 15 is 0 Å². The number of benzene rings is 1. The smallest absolute Gasteiger partial charge is 0.119 e. The topological polar surface area (TPSA) is 39.2 Å². The van der Waals surface area contributed by atoms with Crippen LogP contribution in [0.2, 0.25) is 0 Å². The highest BCUT2D eigenvalue weighted by molar-refractivity contribution is 5.28. The summed E-state index contributed by atoms with van der Waals surface area (Å²) in [6.07, 6.45) is 8.78. The molecule has 1 aliphatic heterocycles. The highest BCUT2D eigenvalue weighted by Gasteiger charge is 2.20. The van der Waals surface area contributed by atoms with E-state index in [4.69, 9.17) is 4.74 Å². The van der Waals surface area contributed by atoms with Crippen LogP contribution in [-0.4, -0.2) is 85.4 Å². The van der Waals surface area contributed by atoms with E-state index in [-0.39, 0.29) is 0 Å². The zero-order chi connectivity index (χ0) is 20.5. The number of likely N-dealkylation sites (tertiary alicyclic amines) is 1. The SMILES string of the molecule is CN(CCN1CCCC1)Cc1cccc(OCC(O)CN(C)C2CCCCC2)c1. The lowest BCUT2D eigenvalue weighted by Gasteiger charge is -2.32. The second-order valence-corrected chi connectivity index (χ2v) is 9.13. The van der Waals surface area contributed by atoms with Crippen molar-refractivity contribution in [3.8, 4) is 5.75 Å². The van der Waals surface area contributed by atoms with E-state index in [1.807, 2.05) is 6.07 Å². The molecule has 1 heterocycles. The van der Waals surface area contributed by atoms with Crippen LogP contribution in [0.25, 0.3) is 0 Å². The van der Waals surface area contributed by atoms with Gasteiger partial charge in [0.25, 0.3) is 0 Å². The van der Waals surface area contributed by atoms with E-state index < -0.39 is 6.10 Å². The van der Waals surface area contributed by atoms with Crippen LogP contribution in [0, 0.1) is 0 Å². The molecule has 1 aromatic carbocycles. The van der Waals surface area contributed by atoms with Crippen molar-refractivity contribution < 1.29 is 9.84 Å². The molecule has 5 nitrogen and oxygen atoms in total.